The highest BCUT2D eigenvalue weighted by Crippen LogP contribution is 2.46. The first-order valence-electron chi connectivity index (χ1n) is 16.2. The summed E-state index contributed by atoms with van der Waals surface area (Å²) >= 11 is 4.27. The van der Waals surface area contributed by atoms with Crippen molar-refractivity contribution < 1.29 is 23.9 Å². The Morgan fingerprint density at radius 2 is 1.56 bits per heavy atom. The summed E-state index contributed by atoms with van der Waals surface area (Å²) < 4.78 is 8.00. The van der Waals surface area contributed by atoms with E-state index in [0.29, 0.717) is 17.9 Å². The highest BCUT2D eigenvalue weighted by molar-refractivity contribution is 8.00. The zero-order valence-corrected chi connectivity index (χ0v) is 29.6. The molecular weight excluding hydrogens is 691 g/mol. The summed E-state index contributed by atoms with van der Waals surface area (Å²) in [7, 11) is 0. The molecule has 2 unspecified atom stereocenters. The average molecular weight is 726 g/mol. The summed E-state index contributed by atoms with van der Waals surface area (Å²) in [6, 6.07) is 31.9. The molecule has 3 atom stereocenters. The van der Waals surface area contributed by atoms with Crippen molar-refractivity contribution >= 4 is 58.7 Å². The van der Waals surface area contributed by atoms with Gasteiger partial charge in [0.05, 0.1) is 13.1 Å². The lowest BCUT2D eigenvalue weighted by Crippen LogP contribution is -2.71. The van der Waals surface area contributed by atoms with E-state index in [1.165, 1.54) is 46.9 Å². The van der Waals surface area contributed by atoms with Crippen molar-refractivity contribution in [3.05, 3.63) is 141 Å². The van der Waals surface area contributed by atoms with Crippen molar-refractivity contribution in [1.82, 2.24) is 25.0 Å². The number of hydrogen-bond donors (Lipinski definition) is 2. The van der Waals surface area contributed by atoms with E-state index in [2.05, 4.69) is 10.7 Å². The molecule has 2 fully saturated rings. The Hall–Kier alpha value is -4.40. The van der Waals surface area contributed by atoms with Gasteiger partial charge in [-0.25, -0.2) is 15.2 Å². The van der Waals surface area contributed by atoms with Gasteiger partial charge in [0.1, 0.15) is 22.5 Å². The van der Waals surface area contributed by atoms with E-state index in [4.69, 9.17) is 4.74 Å². The van der Waals surface area contributed by atoms with Crippen LogP contribution in [0.2, 0.25) is 0 Å². The summed E-state index contributed by atoms with van der Waals surface area (Å²) in [6.45, 7) is 2.27. The molecule has 3 aromatic carbocycles. The van der Waals surface area contributed by atoms with Gasteiger partial charge >= 0.3 is 5.97 Å². The van der Waals surface area contributed by atoms with Gasteiger partial charge in [0.15, 0.2) is 6.10 Å². The minimum Gasteiger partial charge on any atom is -0.448 e. The Bertz CT molecular complexity index is 1840. The van der Waals surface area contributed by atoms with Crippen molar-refractivity contribution in [3.63, 3.8) is 0 Å². The number of nitrogens with one attached hydrogen (secondary N) is 2. The number of benzene rings is 3. The predicted molar refractivity (Wildman–Crippen MR) is 195 cm³/mol. The van der Waals surface area contributed by atoms with Crippen LogP contribution in [0.15, 0.2) is 120 Å². The Morgan fingerprint density at radius 3 is 2.18 bits per heavy atom. The molecule has 50 heavy (non-hydrogen) atoms. The minimum absolute atomic E-state index is 0.128. The first-order valence-corrected chi connectivity index (χ1v) is 18.9. The second-order valence-corrected chi connectivity index (χ2v) is 15.2. The quantitative estimate of drug-likeness (QED) is 0.124. The summed E-state index contributed by atoms with van der Waals surface area (Å²) in [5, 5.41) is 5.76. The number of esters is 1. The monoisotopic (exact) mass is 725 g/mol. The molecule has 2 N–H and O–H groups in total. The Labute approximate surface area is 303 Å². The van der Waals surface area contributed by atoms with Gasteiger partial charge in [0, 0.05) is 29.7 Å². The number of fused-ring (bicyclic) bond motifs is 1. The number of thioether (sulfide) groups is 1. The number of carbonyl (C=O) groups is 4. The molecule has 3 aliphatic rings. The van der Waals surface area contributed by atoms with E-state index in [0.717, 1.165) is 21.6 Å². The molecule has 1 aromatic heterocycles. The van der Waals surface area contributed by atoms with E-state index in [1.54, 1.807) is 4.31 Å². The molecular formula is C37H35N5O5S3. The van der Waals surface area contributed by atoms with Gasteiger partial charge in [0.2, 0.25) is 11.8 Å². The van der Waals surface area contributed by atoms with Crippen LogP contribution in [0.4, 0.5) is 0 Å². The predicted octanol–water partition coefficient (Wildman–Crippen LogP) is 5.08. The first kappa shape index (κ1) is 34.1. The maximum atomic E-state index is 14.6. The third-order valence-corrected chi connectivity index (χ3v) is 12.2. The smallest absolute Gasteiger partial charge is 0.356 e. The molecule has 13 heteroatoms. The minimum atomic E-state index is -0.784. The molecule has 256 valence electrons. The molecule has 0 saturated carbocycles. The lowest BCUT2D eigenvalue weighted by Gasteiger charge is -2.50. The normalized spacial score (nSPS) is 20.4. The highest BCUT2D eigenvalue weighted by Gasteiger charge is 2.56. The molecule has 3 aliphatic heterocycles. The number of rotatable bonds is 11. The standard InChI is InChI=1S/C37H35N5O5S3/c1-24(43)41-23-40(38-21-25-12-5-2-6-13-25)35(50-41)29-22-49-36-31(39-30(44)20-28-18-11-19-48-28)34(45)42(36)32(29)37(46)47-33(26-14-7-3-8-15-26)27-16-9-4-10-17-27/h2-19,31,33,35-36,38H,20-23H2,1H3,(H,39,44)/t31?,35?,36-/m1/s1. The van der Waals surface area contributed by atoms with Crippen LogP contribution in [0.1, 0.15) is 34.6 Å². The van der Waals surface area contributed by atoms with Gasteiger partial charge in [-0.1, -0.05) is 97.1 Å². The van der Waals surface area contributed by atoms with Gasteiger partial charge in [0.25, 0.3) is 5.91 Å². The van der Waals surface area contributed by atoms with Crippen LogP contribution in [-0.4, -0.2) is 67.1 Å². The third kappa shape index (κ3) is 7.23. The summed E-state index contributed by atoms with van der Waals surface area (Å²) in [5.74, 6) is -1.03. The highest BCUT2D eigenvalue weighted by atomic mass is 32.2. The number of nitrogens with zero attached hydrogens (tertiary/aromatic N) is 3. The number of hydrogen-bond acceptors (Lipinski definition) is 10. The molecule has 0 spiro atoms. The Kier molecular flexibility index (Phi) is 10.4. The summed E-state index contributed by atoms with van der Waals surface area (Å²) in [6.07, 6.45) is -0.562. The van der Waals surface area contributed by atoms with E-state index < -0.39 is 28.9 Å². The number of thiophene rings is 1. The fraction of sp³-hybridized carbons (Fsp3) is 0.243. The van der Waals surface area contributed by atoms with E-state index >= 15 is 0 Å². The van der Waals surface area contributed by atoms with Crippen LogP contribution in [0.5, 0.6) is 0 Å². The van der Waals surface area contributed by atoms with Crippen LogP contribution in [0, 0.1) is 0 Å². The number of carbonyl (C=O) groups excluding carboxylic acids is 4. The first-order chi connectivity index (χ1) is 24.4. The molecule has 0 bridgehead atoms. The van der Waals surface area contributed by atoms with Crippen molar-refractivity contribution in [2.45, 2.75) is 42.8 Å². The molecule has 0 aliphatic carbocycles. The van der Waals surface area contributed by atoms with Crippen molar-refractivity contribution in [2.75, 3.05) is 12.4 Å². The third-order valence-electron chi connectivity index (χ3n) is 8.62. The number of β-lactam (4-membered cyclic amide) rings is 1. The maximum Gasteiger partial charge on any atom is 0.356 e. The Balaban J connectivity index is 1.22. The van der Waals surface area contributed by atoms with E-state index in [1.807, 2.05) is 114 Å². The Morgan fingerprint density at radius 1 is 0.900 bits per heavy atom. The van der Waals surface area contributed by atoms with Gasteiger partial charge < -0.3 is 10.1 Å². The molecule has 2 saturated heterocycles. The SMILES string of the molecule is CC(=O)N1CN(NCc2ccccc2)C(C2=C(C(=O)OC(c3ccccc3)c3ccccc3)N3C(=O)C(NC(=O)Cc4cccs4)[C@H]3SC2)S1. The van der Waals surface area contributed by atoms with Crippen molar-refractivity contribution in [2.24, 2.45) is 0 Å². The zero-order valence-electron chi connectivity index (χ0n) is 27.1. The van der Waals surface area contributed by atoms with E-state index in [9.17, 15) is 19.2 Å². The number of hydrazine groups is 1. The lowest BCUT2D eigenvalue weighted by atomic mass is 10.0. The fourth-order valence-corrected chi connectivity index (χ4v) is 9.48. The van der Waals surface area contributed by atoms with Crippen LogP contribution < -0.4 is 10.7 Å². The molecule has 4 aromatic rings. The molecule has 3 amide bonds. The van der Waals surface area contributed by atoms with Gasteiger partial charge in [-0.3, -0.25) is 23.6 Å². The largest absolute Gasteiger partial charge is 0.448 e. The lowest BCUT2D eigenvalue weighted by molar-refractivity contribution is -0.154. The van der Waals surface area contributed by atoms with Gasteiger partial charge in [-0.2, -0.15) is 0 Å². The fourth-order valence-electron chi connectivity index (χ4n) is 6.13. The van der Waals surface area contributed by atoms with Crippen molar-refractivity contribution in [3.8, 4) is 0 Å². The topological polar surface area (TPSA) is 111 Å². The second kappa shape index (κ2) is 15.2. The van der Waals surface area contributed by atoms with Gasteiger partial charge in [-0.15, -0.1) is 23.1 Å². The van der Waals surface area contributed by atoms with E-state index in [-0.39, 0.29) is 36.5 Å². The number of amides is 3. The summed E-state index contributed by atoms with van der Waals surface area (Å²) in [4.78, 5) is 56.5. The average Bonchev–Trinajstić information content (AvgIpc) is 3.83. The van der Waals surface area contributed by atoms with Gasteiger partial charge in [-0.05, 0) is 40.1 Å². The molecule has 10 nitrogen and oxygen atoms in total. The van der Waals surface area contributed by atoms with Crippen molar-refractivity contribution in [1.29, 1.82) is 0 Å². The molecule has 4 heterocycles. The van der Waals surface area contributed by atoms with Crippen LogP contribution >= 0.6 is 35.0 Å². The molecule has 7 rings (SSSR count). The number of ether oxygens (including phenoxy) is 1. The van der Waals surface area contributed by atoms with Crippen LogP contribution in [0.3, 0.4) is 0 Å². The van der Waals surface area contributed by atoms with Crippen LogP contribution in [-0.2, 0) is 36.9 Å². The maximum absolute atomic E-state index is 14.6. The summed E-state index contributed by atoms with van der Waals surface area (Å²) in [5.41, 5.74) is 6.88. The van der Waals surface area contributed by atoms with Crippen LogP contribution in [0.25, 0.3) is 0 Å². The zero-order chi connectivity index (χ0) is 34.6. The molecule has 0 radical (unpaired) electrons. The second-order valence-electron chi connectivity index (χ2n) is 12.0.